The topological polar surface area (TPSA) is 41.3 Å². The number of aryl methyl sites for hydroxylation is 1. The molecule has 1 aliphatic carbocycles. The van der Waals surface area contributed by atoms with Crippen LogP contribution in [0.15, 0.2) is 59.1 Å². The van der Waals surface area contributed by atoms with E-state index in [1.165, 1.54) is 12.8 Å². The summed E-state index contributed by atoms with van der Waals surface area (Å²) in [5.74, 6) is 1.72. The molecule has 2 fully saturated rings. The number of furan rings is 1. The number of nitrogens with one attached hydrogen (secondary N) is 1. The molecule has 0 radical (unpaired) electrons. The van der Waals surface area contributed by atoms with Crippen LogP contribution in [0, 0.1) is 6.92 Å². The Labute approximate surface area is 187 Å². The van der Waals surface area contributed by atoms with Crippen LogP contribution in [-0.4, -0.2) is 21.0 Å². The quantitative estimate of drug-likeness (QED) is 0.491. The number of thiocarbonyl (C=S) groups is 1. The number of rotatable bonds is 4. The predicted octanol–water partition coefficient (Wildman–Crippen LogP) is 6.22. The molecule has 1 saturated carbocycles. The maximum absolute atomic E-state index is 6.41. The van der Waals surface area contributed by atoms with Gasteiger partial charge in [-0.25, -0.2) is 0 Å². The molecule has 1 aromatic carbocycles. The second-order valence-corrected chi connectivity index (χ2v) is 8.93. The molecular weight excluding hydrogens is 414 g/mol. The molecule has 1 N–H and O–H groups in total. The number of halogens is 1. The minimum atomic E-state index is -0.0418. The number of aromatic nitrogens is 1. The molecule has 1 aliphatic heterocycles. The maximum atomic E-state index is 6.41. The third-order valence-corrected chi connectivity index (χ3v) is 6.96. The minimum Gasteiger partial charge on any atom is -0.459 e. The highest BCUT2D eigenvalue weighted by atomic mass is 35.5. The second kappa shape index (κ2) is 8.05. The molecule has 3 heterocycles. The van der Waals surface area contributed by atoms with E-state index in [0.717, 1.165) is 51.3 Å². The van der Waals surface area contributed by atoms with E-state index in [-0.39, 0.29) is 12.1 Å². The highest BCUT2D eigenvalue weighted by Crippen LogP contribution is 2.44. The van der Waals surface area contributed by atoms with Gasteiger partial charge in [0.25, 0.3) is 0 Å². The lowest BCUT2D eigenvalue weighted by Crippen LogP contribution is -2.37. The summed E-state index contributed by atoms with van der Waals surface area (Å²) in [6, 6.07) is 16.5. The summed E-state index contributed by atoms with van der Waals surface area (Å²) in [6.45, 7) is 2.00. The van der Waals surface area contributed by atoms with Crippen LogP contribution in [0.4, 0.5) is 0 Å². The van der Waals surface area contributed by atoms with Gasteiger partial charge in [-0.05, 0) is 67.9 Å². The molecule has 4 nitrogen and oxygen atoms in total. The van der Waals surface area contributed by atoms with Gasteiger partial charge in [0.05, 0.1) is 11.7 Å². The zero-order valence-corrected chi connectivity index (χ0v) is 18.4. The van der Waals surface area contributed by atoms with Crippen molar-refractivity contribution in [2.75, 3.05) is 0 Å². The van der Waals surface area contributed by atoms with Gasteiger partial charge in [-0.3, -0.25) is 4.98 Å². The average molecular weight is 438 g/mol. The van der Waals surface area contributed by atoms with Crippen LogP contribution in [-0.2, 0) is 0 Å². The molecule has 2 aliphatic rings. The number of hydrogen-bond acceptors (Lipinski definition) is 3. The Morgan fingerprint density at radius 3 is 2.70 bits per heavy atom. The zero-order chi connectivity index (χ0) is 20.7. The fourth-order valence-electron chi connectivity index (χ4n) is 4.66. The lowest BCUT2D eigenvalue weighted by molar-refractivity contribution is 0.218. The van der Waals surface area contributed by atoms with Crippen LogP contribution in [0.3, 0.4) is 0 Å². The molecular formula is C24H24ClN3OS. The zero-order valence-electron chi connectivity index (χ0n) is 16.8. The first-order valence-electron chi connectivity index (χ1n) is 10.5. The molecule has 6 heteroatoms. The normalized spacial score (nSPS) is 21.9. The predicted molar refractivity (Wildman–Crippen MR) is 123 cm³/mol. The molecule has 30 heavy (non-hydrogen) atoms. The van der Waals surface area contributed by atoms with Crippen LogP contribution < -0.4 is 5.32 Å². The van der Waals surface area contributed by atoms with Gasteiger partial charge in [0, 0.05) is 22.8 Å². The molecule has 2 atom stereocenters. The maximum Gasteiger partial charge on any atom is 0.170 e. The molecule has 1 saturated heterocycles. The van der Waals surface area contributed by atoms with E-state index in [9.17, 15) is 0 Å². The Kier molecular flexibility index (Phi) is 5.25. The average Bonchev–Trinajstić information content (AvgIpc) is 3.50. The van der Waals surface area contributed by atoms with Crippen molar-refractivity contribution in [3.8, 4) is 11.3 Å². The summed E-state index contributed by atoms with van der Waals surface area (Å²) in [6.07, 6.45) is 6.64. The van der Waals surface area contributed by atoms with Gasteiger partial charge in [-0.15, -0.1) is 0 Å². The molecule has 2 aromatic heterocycles. The van der Waals surface area contributed by atoms with Crippen LogP contribution in [0.25, 0.3) is 11.3 Å². The molecule has 0 amide bonds. The first kappa shape index (κ1) is 19.6. The summed E-state index contributed by atoms with van der Waals surface area (Å²) < 4.78 is 6.41. The van der Waals surface area contributed by atoms with Crippen molar-refractivity contribution in [1.29, 1.82) is 0 Å². The van der Waals surface area contributed by atoms with Gasteiger partial charge in [-0.1, -0.05) is 42.6 Å². The molecule has 5 rings (SSSR count). The van der Waals surface area contributed by atoms with Crippen molar-refractivity contribution in [3.05, 3.63) is 76.8 Å². The molecule has 154 valence electrons. The van der Waals surface area contributed by atoms with Crippen molar-refractivity contribution >= 4 is 28.9 Å². The van der Waals surface area contributed by atoms with E-state index in [1.54, 1.807) is 0 Å². The van der Waals surface area contributed by atoms with Crippen molar-refractivity contribution < 1.29 is 4.42 Å². The molecule has 0 bridgehead atoms. The number of pyridine rings is 1. The van der Waals surface area contributed by atoms with Crippen molar-refractivity contribution in [1.82, 2.24) is 15.2 Å². The second-order valence-electron chi connectivity index (χ2n) is 8.14. The largest absolute Gasteiger partial charge is 0.459 e. The highest BCUT2D eigenvalue weighted by molar-refractivity contribution is 7.80. The Bertz CT molecular complexity index is 1060. The van der Waals surface area contributed by atoms with Gasteiger partial charge in [0.2, 0.25) is 0 Å². The fourth-order valence-corrected chi connectivity index (χ4v) is 5.23. The fraction of sp³-hybridized carbons (Fsp3) is 0.333. The summed E-state index contributed by atoms with van der Waals surface area (Å²) in [5.41, 5.74) is 3.01. The first-order chi connectivity index (χ1) is 14.6. The molecule has 3 aromatic rings. The minimum absolute atomic E-state index is 0.0230. The van der Waals surface area contributed by atoms with Crippen LogP contribution in [0.1, 0.15) is 54.8 Å². The monoisotopic (exact) mass is 437 g/mol. The number of nitrogens with zero attached hydrogens (tertiary/aromatic N) is 2. The SMILES string of the molecule is Cc1ccc(-c2ccc(C3C(c4ccccn4)NC(=S)N3C3CCCC3)o2)cc1Cl. The smallest absolute Gasteiger partial charge is 0.170 e. The Balaban J connectivity index is 1.54. The summed E-state index contributed by atoms with van der Waals surface area (Å²) in [7, 11) is 0. The van der Waals surface area contributed by atoms with Gasteiger partial charge >= 0.3 is 0 Å². The van der Waals surface area contributed by atoms with E-state index < -0.39 is 0 Å². The Morgan fingerprint density at radius 2 is 1.97 bits per heavy atom. The third-order valence-electron chi connectivity index (χ3n) is 6.23. The van der Waals surface area contributed by atoms with Crippen molar-refractivity contribution in [2.45, 2.75) is 50.7 Å². The highest BCUT2D eigenvalue weighted by Gasteiger charge is 2.45. The van der Waals surface area contributed by atoms with Gasteiger partial charge in [0.15, 0.2) is 5.11 Å². The summed E-state index contributed by atoms with van der Waals surface area (Å²) in [5, 5.41) is 5.06. The summed E-state index contributed by atoms with van der Waals surface area (Å²) >= 11 is 12.1. The molecule has 0 spiro atoms. The summed E-state index contributed by atoms with van der Waals surface area (Å²) in [4.78, 5) is 6.96. The van der Waals surface area contributed by atoms with E-state index in [0.29, 0.717) is 6.04 Å². The van der Waals surface area contributed by atoms with Gasteiger partial charge in [0.1, 0.15) is 17.6 Å². The standard InChI is InChI=1S/C24H24ClN3OS/c1-15-9-10-16(14-18(15)25)20-11-12-21(29-20)23-22(19-8-4-5-13-26-19)27-24(30)28(23)17-6-2-3-7-17/h4-5,8-14,17,22-23H,2-3,6-7H2,1H3,(H,27,30). The number of hydrogen-bond donors (Lipinski definition) is 1. The van der Waals surface area contributed by atoms with Crippen molar-refractivity contribution in [3.63, 3.8) is 0 Å². The van der Waals surface area contributed by atoms with Crippen LogP contribution in [0.5, 0.6) is 0 Å². The van der Waals surface area contributed by atoms with Crippen LogP contribution in [0.2, 0.25) is 5.02 Å². The van der Waals surface area contributed by atoms with Crippen molar-refractivity contribution in [2.24, 2.45) is 0 Å². The van der Waals surface area contributed by atoms with Gasteiger partial charge in [-0.2, -0.15) is 0 Å². The van der Waals surface area contributed by atoms with E-state index in [2.05, 4.69) is 27.3 Å². The lowest BCUT2D eigenvalue weighted by Gasteiger charge is -2.31. The molecule has 2 unspecified atom stereocenters. The van der Waals surface area contributed by atoms with Gasteiger partial charge < -0.3 is 14.6 Å². The van der Waals surface area contributed by atoms with E-state index >= 15 is 0 Å². The number of benzene rings is 1. The van der Waals surface area contributed by atoms with Crippen LogP contribution >= 0.6 is 23.8 Å². The lowest BCUT2D eigenvalue weighted by atomic mass is 10.0. The third kappa shape index (κ3) is 3.50. The Morgan fingerprint density at radius 1 is 1.13 bits per heavy atom. The van der Waals surface area contributed by atoms with E-state index in [1.807, 2.05) is 49.5 Å². The van der Waals surface area contributed by atoms with E-state index in [4.69, 9.17) is 28.2 Å². The Hall–Kier alpha value is -2.37. The first-order valence-corrected chi connectivity index (χ1v) is 11.3.